The molecule has 1 N–H and O–H groups in total. The van der Waals surface area contributed by atoms with Gasteiger partial charge in [-0.05, 0) is 61.3 Å². The molecule has 3 aliphatic heterocycles. The Bertz CT molecular complexity index is 806. The Hall–Kier alpha value is -2.67. The molecule has 1 atom stereocenters. The summed E-state index contributed by atoms with van der Waals surface area (Å²) >= 11 is 0. The van der Waals surface area contributed by atoms with Crippen molar-refractivity contribution in [3.05, 3.63) is 41.7 Å². The summed E-state index contributed by atoms with van der Waals surface area (Å²) in [5, 5.41) is 6.85. The number of hydrogen-bond acceptors (Lipinski definition) is 6. The molecule has 2 aromatic rings. The van der Waals surface area contributed by atoms with E-state index in [0.717, 1.165) is 32.5 Å². The summed E-state index contributed by atoms with van der Waals surface area (Å²) in [6.45, 7) is 4.64. The Balaban J connectivity index is 1.37. The second-order valence-corrected chi connectivity index (χ2v) is 6.93. The van der Waals surface area contributed by atoms with E-state index in [0.29, 0.717) is 17.2 Å². The van der Waals surface area contributed by atoms with Crippen LogP contribution in [0.5, 0.6) is 11.6 Å². The Labute approximate surface area is 151 Å². The first-order chi connectivity index (χ1) is 12.6. The van der Waals surface area contributed by atoms with Gasteiger partial charge in [-0.3, -0.25) is 9.59 Å². The third-order valence-corrected chi connectivity index (χ3v) is 5.15. The van der Waals surface area contributed by atoms with Crippen LogP contribution in [0.3, 0.4) is 0 Å². The van der Waals surface area contributed by atoms with Gasteiger partial charge in [-0.1, -0.05) is 0 Å². The minimum atomic E-state index is -0.216. The Morgan fingerprint density at radius 3 is 2.54 bits per heavy atom. The fraction of sp³-hybridized carbons (Fsp3) is 0.421. The number of amides is 1. The van der Waals surface area contributed by atoms with E-state index >= 15 is 0 Å². The summed E-state index contributed by atoms with van der Waals surface area (Å²) < 4.78 is 10.4. The molecule has 7 heteroatoms. The van der Waals surface area contributed by atoms with Crippen LogP contribution in [0.2, 0.25) is 0 Å². The van der Waals surface area contributed by atoms with Crippen molar-refractivity contribution in [3.8, 4) is 11.6 Å². The predicted octanol–water partition coefficient (Wildman–Crippen LogP) is 2.49. The maximum atomic E-state index is 12.5. The molecule has 0 saturated carbocycles. The largest absolute Gasteiger partial charge is 0.436 e. The van der Waals surface area contributed by atoms with Gasteiger partial charge in [0.2, 0.25) is 5.76 Å². The van der Waals surface area contributed by atoms with Crippen LogP contribution in [0.15, 0.2) is 34.9 Å². The number of piperidine rings is 3. The maximum absolute atomic E-state index is 12.5. The molecule has 5 rings (SSSR count). The van der Waals surface area contributed by atoms with Gasteiger partial charge < -0.3 is 19.5 Å². The maximum Gasteiger partial charge on any atom is 0.260 e. The van der Waals surface area contributed by atoms with Crippen LogP contribution in [0.25, 0.3) is 0 Å². The molecule has 0 spiro atoms. The summed E-state index contributed by atoms with van der Waals surface area (Å²) in [6.07, 6.45) is 2.33. The molecule has 0 aliphatic carbocycles. The SMILES string of the molecule is CC(=O)c1cc(Oc2ccc(C(=O)NC3CN4CCC3CC4)cc2)no1. The minimum absolute atomic E-state index is 0.0596. The molecule has 3 aliphatic rings. The average Bonchev–Trinajstić information content (AvgIpc) is 3.12. The van der Waals surface area contributed by atoms with Crippen LogP contribution >= 0.6 is 0 Å². The Morgan fingerprint density at radius 1 is 1.23 bits per heavy atom. The number of hydrogen-bond donors (Lipinski definition) is 1. The van der Waals surface area contributed by atoms with Crippen molar-refractivity contribution in [2.24, 2.45) is 5.92 Å². The molecule has 4 heterocycles. The molecular weight excluding hydrogens is 334 g/mol. The van der Waals surface area contributed by atoms with Crippen molar-refractivity contribution in [3.63, 3.8) is 0 Å². The number of ketones is 1. The number of nitrogens with zero attached hydrogens (tertiary/aromatic N) is 2. The monoisotopic (exact) mass is 355 g/mol. The summed E-state index contributed by atoms with van der Waals surface area (Å²) in [5.74, 6) is 1.19. The highest BCUT2D eigenvalue weighted by molar-refractivity contribution is 5.94. The predicted molar refractivity (Wildman–Crippen MR) is 93.4 cm³/mol. The lowest BCUT2D eigenvalue weighted by atomic mass is 9.84. The number of ether oxygens (including phenoxy) is 1. The lowest BCUT2D eigenvalue weighted by Crippen LogP contribution is -2.57. The Kier molecular flexibility index (Phi) is 4.46. The van der Waals surface area contributed by atoms with Crippen molar-refractivity contribution in [2.45, 2.75) is 25.8 Å². The highest BCUT2D eigenvalue weighted by atomic mass is 16.5. The number of benzene rings is 1. The molecule has 7 nitrogen and oxygen atoms in total. The zero-order valence-corrected chi connectivity index (χ0v) is 14.6. The standard InChI is InChI=1S/C19H21N3O4/c1-12(23)17-10-18(21-26-17)25-15-4-2-14(3-5-15)19(24)20-16-11-22-8-6-13(16)7-9-22/h2-5,10,13,16H,6-9,11H2,1H3,(H,20,24). The van der Waals surface area contributed by atoms with Crippen LogP contribution < -0.4 is 10.1 Å². The highest BCUT2D eigenvalue weighted by Gasteiger charge is 2.34. The summed E-state index contributed by atoms with van der Waals surface area (Å²) in [7, 11) is 0. The van der Waals surface area contributed by atoms with E-state index in [1.54, 1.807) is 24.3 Å². The topological polar surface area (TPSA) is 84.7 Å². The molecule has 2 bridgehead atoms. The molecule has 0 radical (unpaired) electrons. The smallest absolute Gasteiger partial charge is 0.260 e. The first kappa shape index (κ1) is 16.8. The fourth-order valence-electron chi connectivity index (χ4n) is 3.65. The van der Waals surface area contributed by atoms with E-state index < -0.39 is 0 Å². The Morgan fingerprint density at radius 2 is 1.96 bits per heavy atom. The molecule has 3 fully saturated rings. The lowest BCUT2D eigenvalue weighted by molar-refractivity contribution is 0.0620. The van der Waals surface area contributed by atoms with Crippen molar-refractivity contribution >= 4 is 11.7 Å². The zero-order valence-electron chi connectivity index (χ0n) is 14.6. The fourth-order valence-corrected chi connectivity index (χ4v) is 3.65. The number of carbonyl (C=O) groups excluding carboxylic acids is 2. The molecule has 1 amide bonds. The first-order valence-electron chi connectivity index (χ1n) is 8.87. The number of Topliss-reactive ketones (excluding diaryl/α,β-unsaturated/α-hetero) is 1. The normalized spacial score (nSPS) is 24.3. The molecule has 1 aromatic carbocycles. The van der Waals surface area contributed by atoms with Gasteiger partial charge in [-0.25, -0.2) is 0 Å². The number of nitrogens with one attached hydrogen (secondary N) is 1. The highest BCUT2D eigenvalue weighted by Crippen LogP contribution is 2.28. The zero-order chi connectivity index (χ0) is 18.1. The summed E-state index contributed by atoms with van der Waals surface area (Å²) in [4.78, 5) is 26.1. The number of rotatable bonds is 5. The van der Waals surface area contributed by atoms with Crippen molar-refractivity contribution in [1.29, 1.82) is 0 Å². The van der Waals surface area contributed by atoms with Crippen molar-refractivity contribution < 1.29 is 18.8 Å². The van der Waals surface area contributed by atoms with Gasteiger partial charge in [0.1, 0.15) is 5.75 Å². The lowest BCUT2D eigenvalue weighted by Gasteiger charge is -2.44. The minimum Gasteiger partial charge on any atom is -0.436 e. The average molecular weight is 355 g/mol. The van der Waals surface area contributed by atoms with Crippen molar-refractivity contribution in [2.75, 3.05) is 19.6 Å². The third kappa shape index (κ3) is 3.48. The van der Waals surface area contributed by atoms with Crippen LogP contribution in [0.1, 0.15) is 40.7 Å². The second kappa shape index (κ2) is 6.92. The summed E-state index contributed by atoms with van der Waals surface area (Å²) in [5.41, 5.74) is 0.596. The van der Waals surface area contributed by atoms with Crippen LogP contribution in [-0.4, -0.2) is 47.4 Å². The van der Waals surface area contributed by atoms with E-state index in [2.05, 4.69) is 15.4 Å². The second-order valence-electron chi connectivity index (χ2n) is 6.93. The van der Waals surface area contributed by atoms with Gasteiger partial charge >= 0.3 is 0 Å². The van der Waals surface area contributed by atoms with E-state index in [9.17, 15) is 9.59 Å². The van der Waals surface area contributed by atoms with Gasteiger partial charge in [0, 0.05) is 25.1 Å². The molecule has 26 heavy (non-hydrogen) atoms. The van der Waals surface area contributed by atoms with Gasteiger partial charge in [0.15, 0.2) is 5.78 Å². The van der Waals surface area contributed by atoms with E-state index in [1.165, 1.54) is 13.0 Å². The van der Waals surface area contributed by atoms with Crippen LogP contribution in [-0.2, 0) is 0 Å². The molecule has 1 aromatic heterocycles. The van der Waals surface area contributed by atoms with Gasteiger partial charge in [-0.15, -0.1) is 0 Å². The van der Waals surface area contributed by atoms with E-state index in [1.807, 2.05) is 0 Å². The molecule has 1 unspecified atom stereocenters. The molecule has 3 saturated heterocycles. The van der Waals surface area contributed by atoms with Crippen LogP contribution in [0, 0.1) is 5.92 Å². The van der Waals surface area contributed by atoms with Gasteiger partial charge in [0.05, 0.1) is 6.07 Å². The number of carbonyl (C=O) groups is 2. The van der Waals surface area contributed by atoms with Gasteiger partial charge in [0.25, 0.3) is 11.8 Å². The van der Waals surface area contributed by atoms with E-state index in [-0.39, 0.29) is 29.4 Å². The van der Waals surface area contributed by atoms with Gasteiger partial charge in [-0.2, -0.15) is 0 Å². The summed E-state index contributed by atoms with van der Waals surface area (Å²) in [6, 6.07) is 8.52. The number of aromatic nitrogens is 1. The van der Waals surface area contributed by atoms with Crippen LogP contribution in [0.4, 0.5) is 0 Å². The number of fused-ring (bicyclic) bond motifs is 3. The first-order valence-corrected chi connectivity index (χ1v) is 8.87. The molecule has 136 valence electrons. The van der Waals surface area contributed by atoms with E-state index in [4.69, 9.17) is 9.26 Å². The molecular formula is C19H21N3O4. The quantitative estimate of drug-likeness (QED) is 0.830. The third-order valence-electron chi connectivity index (χ3n) is 5.15. The van der Waals surface area contributed by atoms with Crippen molar-refractivity contribution in [1.82, 2.24) is 15.4 Å².